The second kappa shape index (κ2) is 6.61. The molecule has 100 valence electrons. The monoisotopic (exact) mass is 269 g/mol. The van der Waals surface area contributed by atoms with E-state index < -0.39 is 0 Å². The minimum absolute atomic E-state index is 0.0620. The Morgan fingerprint density at radius 2 is 2.11 bits per heavy atom. The molecule has 4 N–H and O–H groups in total. The fourth-order valence-electron chi connectivity index (χ4n) is 1.41. The van der Waals surface area contributed by atoms with E-state index in [1.165, 1.54) is 0 Å². The Bertz CT molecular complexity index is 432. The van der Waals surface area contributed by atoms with Crippen LogP contribution in [0.2, 0.25) is 5.02 Å². The van der Waals surface area contributed by atoms with Gasteiger partial charge in [-0.2, -0.15) is 0 Å². The van der Waals surface area contributed by atoms with Crippen molar-refractivity contribution < 1.29 is 5.21 Å². The first-order valence-electron chi connectivity index (χ1n) is 5.95. The zero-order valence-corrected chi connectivity index (χ0v) is 11.7. The van der Waals surface area contributed by atoms with Crippen LogP contribution in [-0.2, 0) is 6.54 Å². The lowest BCUT2D eigenvalue weighted by Crippen LogP contribution is -2.30. The predicted molar refractivity (Wildman–Crippen MR) is 75.1 cm³/mol. The lowest BCUT2D eigenvalue weighted by Gasteiger charge is -2.18. The van der Waals surface area contributed by atoms with Crippen molar-refractivity contribution in [3.63, 3.8) is 0 Å². The lowest BCUT2D eigenvalue weighted by molar-refractivity contribution is 0.318. The molecule has 18 heavy (non-hydrogen) atoms. The van der Waals surface area contributed by atoms with Gasteiger partial charge in [0.1, 0.15) is 0 Å². The van der Waals surface area contributed by atoms with Crippen LogP contribution in [0.25, 0.3) is 0 Å². The molecule has 1 aromatic rings. The van der Waals surface area contributed by atoms with Gasteiger partial charge < -0.3 is 16.3 Å². The van der Waals surface area contributed by atoms with E-state index >= 15 is 0 Å². The van der Waals surface area contributed by atoms with E-state index in [1.807, 2.05) is 6.07 Å². The molecule has 0 spiro atoms. The Labute approximate surface area is 113 Å². The van der Waals surface area contributed by atoms with Gasteiger partial charge in [0, 0.05) is 23.2 Å². The number of nitrogens with two attached hydrogens (primary N) is 1. The van der Waals surface area contributed by atoms with Crippen molar-refractivity contribution in [1.82, 2.24) is 5.32 Å². The fourth-order valence-corrected chi connectivity index (χ4v) is 1.66. The molecule has 0 heterocycles. The second-order valence-electron chi connectivity index (χ2n) is 4.71. The number of nitrogens with zero attached hydrogens (tertiary/aromatic N) is 1. The molecular formula is C13H20ClN3O. The molecule has 0 saturated heterocycles. The van der Waals surface area contributed by atoms with E-state index in [4.69, 9.17) is 22.5 Å². The summed E-state index contributed by atoms with van der Waals surface area (Å²) >= 11 is 6.16. The van der Waals surface area contributed by atoms with Crippen molar-refractivity contribution in [1.29, 1.82) is 0 Å². The highest BCUT2D eigenvalue weighted by molar-refractivity contribution is 6.31. The molecule has 0 amide bonds. The molecule has 1 unspecified atom stereocenters. The molecule has 0 aliphatic carbocycles. The number of hydrogen-bond acceptors (Lipinski definition) is 3. The van der Waals surface area contributed by atoms with E-state index in [1.54, 1.807) is 12.1 Å². The summed E-state index contributed by atoms with van der Waals surface area (Å²) in [5.41, 5.74) is 7.11. The normalized spacial score (nSPS) is 13.9. The SMILES string of the molecule is CC(C)C(C)NCc1ccc(/C(N)=N/O)cc1Cl. The van der Waals surface area contributed by atoms with Crippen LogP contribution in [-0.4, -0.2) is 17.1 Å². The third-order valence-corrected chi connectivity index (χ3v) is 3.42. The zero-order chi connectivity index (χ0) is 13.7. The van der Waals surface area contributed by atoms with Gasteiger partial charge in [-0.1, -0.05) is 42.7 Å². The van der Waals surface area contributed by atoms with Crippen molar-refractivity contribution in [2.45, 2.75) is 33.4 Å². The standard InChI is InChI=1S/C13H20ClN3O/c1-8(2)9(3)16-7-11-5-4-10(6-12(11)14)13(15)17-18/h4-6,8-9,16,18H,7H2,1-3H3,(H2,15,17). The summed E-state index contributed by atoms with van der Waals surface area (Å²) in [6, 6.07) is 5.80. The van der Waals surface area contributed by atoms with Crippen molar-refractivity contribution >= 4 is 17.4 Å². The molecule has 1 aromatic carbocycles. The van der Waals surface area contributed by atoms with E-state index in [-0.39, 0.29) is 5.84 Å². The summed E-state index contributed by atoms with van der Waals surface area (Å²) in [6.07, 6.45) is 0. The number of halogens is 1. The van der Waals surface area contributed by atoms with Crippen molar-refractivity contribution in [2.75, 3.05) is 0 Å². The summed E-state index contributed by atoms with van der Waals surface area (Å²) in [4.78, 5) is 0. The van der Waals surface area contributed by atoms with Gasteiger partial charge in [0.2, 0.25) is 0 Å². The highest BCUT2D eigenvalue weighted by Crippen LogP contribution is 2.18. The van der Waals surface area contributed by atoms with Crippen molar-refractivity contribution in [3.05, 3.63) is 34.3 Å². The first kappa shape index (κ1) is 14.8. The molecule has 4 nitrogen and oxygen atoms in total. The smallest absolute Gasteiger partial charge is 0.170 e. The molecule has 0 radical (unpaired) electrons. The number of benzene rings is 1. The third kappa shape index (κ3) is 3.89. The number of amidine groups is 1. The van der Waals surface area contributed by atoms with E-state index in [0.717, 1.165) is 5.56 Å². The van der Waals surface area contributed by atoms with Gasteiger partial charge in [-0.15, -0.1) is 0 Å². The Hall–Kier alpha value is -1.26. The van der Waals surface area contributed by atoms with Crippen LogP contribution in [0, 0.1) is 5.92 Å². The predicted octanol–water partition coefficient (Wildman–Crippen LogP) is 2.57. The molecule has 1 atom stereocenters. The van der Waals surface area contributed by atoms with Crippen LogP contribution in [0.4, 0.5) is 0 Å². The van der Waals surface area contributed by atoms with E-state index in [2.05, 4.69) is 31.2 Å². The van der Waals surface area contributed by atoms with Crippen LogP contribution < -0.4 is 11.1 Å². The van der Waals surface area contributed by atoms with Gasteiger partial charge in [-0.25, -0.2) is 0 Å². The number of rotatable bonds is 5. The van der Waals surface area contributed by atoms with Crippen LogP contribution in [0.5, 0.6) is 0 Å². The van der Waals surface area contributed by atoms with Gasteiger partial charge in [0.15, 0.2) is 5.84 Å². The Morgan fingerprint density at radius 1 is 1.44 bits per heavy atom. The maximum atomic E-state index is 8.59. The van der Waals surface area contributed by atoms with Gasteiger partial charge >= 0.3 is 0 Å². The second-order valence-corrected chi connectivity index (χ2v) is 5.11. The quantitative estimate of drug-likeness (QED) is 0.333. The van der Waals surface area contributed by atoms with Crippen LogP contribution in [0.1, 0.15) is 31.9 Å². The Balaban J connectivity index is 2.74. The van der Waals surface area contributed by atoms with Crippen molar-refractivity contribution in [3.8, 4) is 0 Å². The topological polar surface area (TPSA) is 70.6 Å². The van der Waals surface area contributed by atoms with Crippen LogP contribution in [0.3, 0.4) is 0 Å². The van der Waals surface area contributed by atoms with Gasteiger partial charge in [-0.3, -0.25) is 0 Å². The summed E-state index contributed by atoms with van der Waals surface area (Å²) in [7, 11) is 0. The number of nitrogens with one attached hydrogen (secondary N) is 1. The first-order valence-corrected chi connectivity index (χ1v) is 6.33. The summed E-state index contributed by atoms with van der Waals surface area (Å²) in [5, 5.41) is 15.6. The highest BCUT2D eigenvalue weighted by atomic mass is 35.5. The Morgan fingerprint density at radius 3 is 2.61 bits per heavy atom. The summed E-state index contributed by atoms with van der Waals surface area (Å²) in [6.45, 7) is 7.18. The highest BCUT2D eigenvalue weighted by Gasteiger charge is 2.09. The van der Waals surface area contributed by atoms with E-state index in [9.17, 15) is 0 Å². The molecule has 0 aliphatic rings. The molecule has 5 heteroatoms. The maximum Gasteiger partial charge on any atom is 0.170 e. The van der Waals surface area contributed by atoms with Gasteiger partial charge in [0.25, 0.3) is 0 Å². The lowest BCUT2D eigenvalue weighted by atomic mass is 10.1. The molecule has 0 aromatic heterocycles. The van der Waals surface area contributed by atoms with E-state index in [0.29, 0.717) is 29.1 Å². The molecular weight excluding hydrogens is 250 g/mol. The zero-order valence-electron chi connectivity index (χ0n) is 10.9. The molecule has 0 bridgehead atoms. The third-order valence-electron chi connectivity index (χ3n) is 3.07. The average Bonchev–Trinajstić information content (AvgIpc) is 2.35. The molecule has 0 aliphatic heterocycles. The number of hydrogen-bond donors (Lipinski definition) is 3. The Kier molecular flexibility index (Phi) is 5.44. The van der Waals surface area contributed by atoms with Gasteiger partial charge in [-0.05, 0) is 24.5 Å². The summed E-state index contributed by atoms with van der Waals surface area (Å²) < 4.78 is 0. The van der Waals surface area contributed by atoms with Crippen LogP contribution in [0.15, 0.2) is 23.4 Å². The molecule has 0 fully saturated rings. The fraction of sp³-hybridized carbons (Fsp3) is 0.462. The van der Waals surface area contributed by atoms with Crippen LogP contribution >= 0.6 is 11.6 Å². The van der Waals surface area contributed by atoms with Crippen molar-refractivity contribution in [2.24, 2.45) is 16.8 Å². The number of oxime groups is 1. The molecule has 0 saturated carbocycles. The minimum atomic E-state index is 0.0620. The van der Waals surface area contributed by atoms with Gasteiger partial charge in [0.05, 0.1) is 0 Å². The first-order chi connectivity index (χ1) is 8.45. The minimum Gasteiger partial charge on any atom is -0.409 e. The molecule has 1 rings (SSSR count). The maximum absolute atomic E-state index is 8.59. The largest absolute Gasteiger partial charge is 0.409 e. The summed E-state index contributed by atoms with van der Waals surface area (Å²) in [5.74, 6) is 0.632. The average molecular weight is 270 g/mol.